The molecular formula is H2O6P2. The summed E-state index contributed by atoms with van der Waals surface area (Å²) < 4.78 is 21.6. The third-order valence-corrected chi connectivity index (χ3v) is 1.20. The molecule has 0 heterocycles. The summed E-state index contributed by atoms with van der Waals surface area (Å²) in [7, 11) is -6.47. The van der Waals surface area contributed by atoms with Gasteiger partial charge in [-0.05, 0) is 9.13 Å². The second-order valence-corrected chi connectivity index (χ2v) is 2.08. The lowest BCUT2D eigenvalue weighted by Crippen LogP contribution is -1.90. The van der Waals surface area contributed by atoms with Crippen molar-refractivity contribution in [2.75, 3.05) is 0 Å². The van der Waals surface area contributed by atoms with E-state index in [-0.39, 0.29) is 5.48 Å². The Hall–Kier alpha value is 0.0400. The van der Waals surface area contributed by atoms with Crippen LogP contribution >= 0.6 is 16.5 Å². The highest BCUT2D eigenvalue weighted by molar-refractivity contribution is 7.44. The van der Waals surface area contributed by atoms with Crippen molar-refractivity contribution in [2.24, 2.45) is 0 Å². The van der Waals surface area contributed by atoms with Crippen molar-refractivity contribution in [2.45, 2.75) is 0 Å². The largest absolute Gasteiger partial charge is 0.563 e. The van der Waals surface area contributed by atoms with E-state index in [2.05, 4.69) is 4.31 Å². The highest BCUT2D eigenvalue weighted by atomic mass is 31.2. The predicted molar refractivity (Wildman–Crippen MR) is 19.9 cm³/mol. The monoisotopic (exact) mass is 160 g/mol. The molecule has 48 valence electrons. The van der Waals surface area contributed by atoms with Crippen molar-refractivity contribution in [1.82, 2.24) is 0 Å². The van der Waals surface area contributed by atoms with Gasteiger partial charge in [-0.1, -0.05) is 0 Å². The average molecular weight is 160 g/mol. The number of hydrogen-bond donors (Lipinski definition) is 0. The summed E-state index contributed by atoms with van der Waals surface area (Å²) in [6, 6.07) is 0. The van der Waals surface area contributed by atoms with E-state index in [1.54, 1.807) is 0 Å². The summed E-state index contributed by atoms with van der Waals surface area (Å²) in [5.74, 6) is 0. The van der Waals surface area contributed by atoms with Gasteiger partial charge >= 0.3 is 16.5 Å². The highest BCUT2D eigenvalue weighted by Crippen LogP contribution is 2.24. The molecule has 0 aromatic heterocycles. The molecule has 0 amide bonds. The van der Waals surface area contributed by atoms with Crippen LogP contribution in [0.4, 0.5) is 0 Å². The lowest BCUT2D eigenvalue weighted by atomic mass is 15.8. The summed E-state index contributed by atoms with van der Waals surface area (Å²) >= 11 is 0. The summed E-state index contributed by atoms with van der Waals surface area (Å²) in [5.41, 5.74) is 0. The first-order chi connectivity index (χ1) is 3.13. The Morgan fingerprint density at radius 2 is 1.38 bits per heavy atom. The van der Waals surface area contributed by atoms with Crippen LogP contribution in [-0.2, 0) is 13.4 Å². The molecule has 2 atom stereocenters. The first-order valence-corrected chi connectivity index (χ1v) is 3.29. The van der Waals surface area contributed by atoms with Crippen molar-refractivity contribution >= 4 is 16.5 Å². The Labute approximate surface area is 46.3 Å². The number of rotatable bonds is 2. The maximum absolute atomic E-state index is 9.24. The Bertz CT molecular complexity index is 82.7. The van der Waals surface area contributed by atoms with E-state index in [0.29, 0.717) is 0 Å². The molecule has 2 unspecified atom stereocenters. The zero-order chi connectivity index (χ0) is 5.86. The molecule has 0 aliphatic rings. The van der Waals surface area contributed by atoms with E-state index in [1.165, 1.54) is 0 Å². The Morgan fingerprint density at radius 1 is 1.12 bits per heavy atom. The summed E-state index contributed by atoms with van der Waals surface area (Å²) in [4.78, 5) is 18.5. The molecule has 0 aromatic carbocycles. The fourth-order valence-corrected chi connectivity index (χ4v) is 0.490. The lowest BCUT2D eigenvalue weighted by Gasteiger charge is -1.72. The molecule has 0 radical (unpaired) electrons. The van der Waals surface area contributed by atoms with Gasteiger partial charge in [0, 0.05) is 0 Å². The smallest absolute Gasteiger partial charge is 0.543 e. The van der Waals surface area contributed by atoms with Crippen LogP contribution in [0.25, 0.3) is 0 Å². The molecule has 0 fully saturated rings. The van der Waals surface area contributed by atoms with Crippen molar-refractivity contribution in [3.63, 3.8) is 0 Å². The van der Waals surface area contributed by atoms with Crippen molar-refractivity contribution < 1.29 is 28.7 Å². The van der Waals surface area contributed by atoms with Crippen molar-refractivity contribution in [1.29, 1.82) is 0 Å². The van der Waals surface area contributed by atoms with Gasteiger partial charge in [0.15, 0.2) is 0 Å². The van der Waals surface area contributed by atoms with Crippen LogP contribution < -0.4 is 9.79 Å². The number of hydrogen-bond acceptors (Lipinski definition) is 5. The van der Waals surface area contributed by atoms with Crippen LogP contribution in [0.3, 0.4) is 0 Å². The van der Waals surface area contributed by atoms with Crippen molar-refractivity contribution in [3.8, 4) is 0 Å². The van der Waals surface area contributed by atoms with E-state index >= 15 is 0 Å². The molecule has 0 saturated heterocycles. The fourth-order valence-electron chi connectivity index (χ4n) is 0.0544. The molecule has 0 aliphatic carbocycles. The molecule has 0 aromatic rings. The van der Waals surface area contributed by atoms with Gasteiger partial charge in [0.1, 0.15) is 4.31 Å². The average Bonchev–Trinajstić information content (AvgIpc) is 1.27. The third kappa shape index (κ3) is 9.40. The quantitative estimate of drug-likeness (QED) is 0.441. The normalized spacial score (nSPS) is 11.8. The Kier molecular flexibility index (Phi) is 7.08. The molecule has 0 saturated carbocycles. The van der Waals surface area contributed by atoms with E-state index in [9.17, 15) is 18.9 Å². The molecule has 0 aliphatic heterocycles. The standard InChI is InChI=1S/O5P2.H2O/c1-6(2)5-7(3)4;/h;1H2. The highest BCUT2D eigenvalue weighted by Gasteiger charge is 2.13. The zero-order valence-corrected chi connectivity index (χ0v) is 5.22. The fraction of sp³-hybridized carbons (Fsp3) is 0. The molecule has 8 heteroatoms. The van der Waals surface area contributed by atoms with Crippen LogP contribution in [0, 0.1) is 0 Å². The maximum Gasteiger partial charge on any atom is 0.543 e. The minimum atomic E-state index is -3.24. The Balaban J connectivity index is 0. The molecule has 0 bridgehead atoms. The van der Waals surface area contributed by atoms with Crippen molar-refractivity contribution in [3.05, 3.63) is 0 Å². The molecular weight excluding hydrogens is 158 g/mol. The van der Waals surface area contributed by atoms with Gasteiger partial charge in [-0.25, -0.2) is 0 Å². The topological polar surface area (TPSA) is 121 Å². The van der Waals surface area contributed by atoms with E-state index in [4.69, 9.17) is 0 Å². The summed E-state index contributed by atoms with van der Waals surface area (Å²) in [6.07, 6.45) is 0. The minimum absolute atomic E-state index is 0. The van der Waals surface area contributed by atoms with E-state index in [0.717, 1.165) is 0 Å². The minimum Gasteiger partial charge on any atom is -0.563 e. The second-order valence-electron chi connectivity index (χ2n) is 0.529. The van der Waals surface area contributed by atoms with Gasteiger partial charge in [0.05, 0.1) is 0 Å². The van der Waals surface area contributed by atoms with Gasteiger partial charge in [0.2, 0.25) is 0 Å². The zero-order valence-electron chi connectivity index (χ0n) is 3.44. The van der Waals surface area contributed by atoms with Crippen LogP contribution in [0.1, 0.15) is 0 Å². The predicted octanol–water partition coefficient (Wildman–Crippen LogP) is -1.79. The molecule has 0 spiro atoms. The van der Waals surface area contributed by atoms with Crippen LogP contribution in [0.2, 0.25) is 0 Å². The Morgan fingerprint density at radius 3 is 1.38 bits per heavy atom. The summed E-state index contributed by atoms with van der Waals surface area (Å²) in [6.45, 7) is 0. The van der Waals surface area contributed by atoms with Crippen LogP contribution in [0.15, 0.2) is 0 Å². The summed E-state index contributed by atoms with van der Waals surface area (Å²) in [5, 5.41) is 0. The molecule has 6 nitrogen and oxygen atoms in total. The molecule has 8 heavy (non-hydrogen) atoms. The SMILES string of the molecule is O.O=[P+]([O-])O[P+](=O)[O-]. The van der Waals surface area contributed by atoms with Crippen LogP contribution in [0.5, 0.6) is 0 Å². The first kappa shape index (κ1) is 10.9. The van der Waals surface area contributed by atoms with Gasteiger partial charge < -0.3 is 15.3 Å². The molecule has 0 rings (SSSR count). The van der Waals surface area contributed by atoms with E-state index in [1.807, 2.05) is 0 Å². The van der Waals surface area contributed by atoms with Gasteiger partial charge in [-0.3, -0.25) is 0 Å². The van der Waals surface area contributed by atoms with Crippen LogP contribution in [-0.4, -0.2) is 5.48 Å². The second kappa shape index (κ2) is 5.18. The van der Waals surface area contributed by atoms with Gasteiger partial charge in [-0.15, -0.1) is 0 Å². The molecule has 2 N–H and O–H groups in total. The third-order valence-electron chi connectivity index (χ3n) is 0.133. The van der Waals surface area contributed by atoms with Gasteiger partial charge in [-0.2, -0.15) is 0 Å². The van der Waals surface area contributed by atoms with E-state index < -0.39 is 16.5 Å². The lowest BCUT2D eigenvalue weighted by molar-refractivity contribution is -0.198. The maximum atomic E-state index is 9.24. The van der Waals surface area contributed by atoms with Gasteiger partial charge in [0.25, 0.3) is 0 Å². The first-order valence-electron chi connectivity index (χ1n) is 1.10.